The van der Waals surface area contributed by atoms with Gasteiger partial charge in [0.1, 0.15) is 19.9 Å². The number of nitrogens with one attached hydrogen (secondary N) is 2. The summed E-state index contributed by atoms with van der Waals surface area (Å²) in [5, 5.41) is 46.7. The second-order valence-electron chi connectivity index (χ2n) is 11.6. The second kappa shape index (κ2) is 19.4. The monoisotopic (exact) mass is 872 g/mol. The summed E-state index contributed by atoms with van der Waals surface area (Å²) in [4.78, 5) is 10.7. The van der Waals surface area contributed by atoms with Crippen molar-refractivity contribution in [2.45, 2.75) is 21.6 Å². The van der Waals surface area contributed by atoms with Crippen LogP contribution >= 0.6 is 0 Å². The van der Waals surface area contributed by atoms with E-state index >= 15 is 0 Å². The van der Waals surface area contributed by atoms with Crippen LogP contribution in [0.25, 0.3) is 21.5 Å². The van der Waals surface area contributed by atoms with Crippen molar-refractivity contribution >= 4 is 92.1 Å². The van der Waals surface area contributed by atoms with Gasteiger partial charge in [0.05, 0.1) is 27.6 Å². The number of hydrogen-bond donors (Lipinski definition) is 4. The van der Waals surface area contributed by atoms with Crippen LogP contribution in [0.3, 0.4) is 0 Å². The van der Waals surface area contributed by atoms with Gasteiger partial charge in [0.2, 0.25) is 0 Å². The van der Waals surface area contributed by atoms with E-state index in [1.807, 2.05) is 0 Å². The van der Waals surface area contributed by atoms with E-state index in [1.165, 1.54) is 36.4 Å². The first-order chi connectivity index (χ1) is 25.8. The number of carbonyl (C=O) groups excluding carboxylic acids is 1. The number of amides is 2. The largest absolute Gasteiger partial charge is 1.00 e. The third kappa shape index (κ3) is 11.3. The molecule has 0 aliphatic carbocycles. The standard InChI is InChI=1S/C34H26N6O12S3.3Na/c1-18-4-2-3-5-27(18)38-40-31-29(55(50,51)52)17-20-15-23(9-13-26(20)33(31)42)36-34(43)35-22-8-12-25-19(14-22)16-28(54(47,48)49)30(32(25)41)39-37-21-6-10-24(11-7-21)53(44,45)46;;;/h2-17,41-42H,1H3,(H2,35,36,43)(H,44,45,46)(H,47,48,49)(H,50,51,52);;;/q;3*+1/p-3. The second-order valence-corrected chi connectivity index (χ2v) is 15.8. The summed E-state index contributed by atoms with van der Waals surface area (Å²) < 4.78 is 102. The average molecular weight is 873 g/mol. The molecule has 6 aromatic rings. The van der Waals surface area contributed by atoms with E-state index in [1.54, 1.807) is 31.2 Å². The van der Waals surface area contributed by atoms with Gasteiger partial charge < -0.3 is 25.4 Å². The molecule has 0 saturated heterocycles. The Balaban J connectivity index is 0.00000300. The van der Waals surface area contributed by atoms with Gasteiger partial charge in [-0.05, 0) is 101 Å². The van der Waals surface area contributed by atoms with Gasteiger partial charge in [-0.2, -0.15) is 27.1 Å². The SMILES string of the molecule is Cc1ccccc1N=Nc1c(S(=O)(=O)O)cc2cc(NC(=O)Nc3ccc4c([O-])c(N=Nc5ccc(S(=O)(=O)[O-])cc5)c(S(=O)(=O)O)cc4c3)ccc2c1[O-].[Na+].[Na+].[Na+]. The first kappa shape index (κ1) is 49.0. The van der Waals surface area contributed by atoms with Gasteiger partial charge >= 0.3 is 94.7 Å². The molecule has 0 unspecified atom stereocenters. The Morgan fingerprint density at radius 3 is 1.48 bits per heavy atom. The third-order valence-corrected chi connectivity index (χ3v) is 10.5. The maximum Gasteiger partial charge on any atom is 1.00 e. The maximum atomic E-state index is 13.3. The number of fused-ring (bicyclic) bond motifs is 2. The molecule has 18 nitrogen and oxygen atoms in total. The molecule has 0 aliphatic rings. The molecule has 0 spiro atoms. The molecule has 2 amide bonds. The summed E-state index contributed by atoms with van der Waals surface area (Å²) in [6.07, 6.45) is 0. The number of rotatable bonds is 9. The van der Waals surface area contributed by atoms with Gasteiger partial charge in [-0.3, -0.25) is 9.11 Å². The summed E-state index contributed by atoms with van der Waals surface area (Å²) >= 11 is 0. The van der Waals surface area contributed by atoms with Crippen LogP contribution < -0.4 is 110 Å². The molecule has 0 heterocycles. The third-order valence-electron chi connectivity index (χ3n) is 7.90. The van der Waals surface area contributed by atoms with Crippen molar-refractivity contribution in [3.63, 3.8) is 0 Å². The number of carbonyl (C=O) groups is 1. The van der Waals surface area contributed by atoms with E-state index in [2.05, 4.69) is 31.1 Å². The Morgan fingerprint density at radius 1 is 0.603 bits per heavy atom. The van der Waals surface area contributed by atoms with Crippen LogP contribution in [-0.2, 0) is 30.4 Å². The maximum absolute atomic E-state index is 13.3. The zero-order valence-corrected chi connectivity index (χ0v) is 39.2. The molecule has 4 N–H and O–H groups in total. The molecule has 0 saturated carbocycles. The minimum atomic E-state index is -5.07. The summed E-state index contributed by atoms with van der Waals surface area (Å²) in [7, 11) is -14.8. The molecular weight excluding hydrogens is 850 g/mol. The Hall–Kier alpha value is -3.36. The molecule has 0 atom stereocenters. The van der Waals surface area contributed by atoms with Crippen molar-refractivity contribution < 1.29 is 143 Å². The van der Waals surface area contributed by atoms with Gasteiger partial charge in [-0.25, -0.2) is 13.2 Å². The Morgan fingerprint density at radius 2 is 1.05 bits per heavy atom. The number of benzene rings is 6. The van der Waals surface area contributed by atoms with E-state index in [0.717, 1.165) is 36.4 Å². The van der Waals surface area contributed by atoms with Gasteiger partial charge in [-0.15, -0.1) is 10.2 Å². The number of hydrogen-bond acceptors (Lipinski definition) is 14. The number of aryl methyl sites for hydroxylation is 1. The fourth-order valence-electron chi connectivity index (χ4n) is 5.27. The molecule has 0 aliphatic heterocycles. The summed E-state index contributed by atoms with van der Waals surface area (Å²) in [5.41, 5.74) is -0.254. The van der Waals surface area contributed by atoms with E-state index < -0.39 is 73.9 Å². The van der Waals surface area contributed by atoms with Gasteiger partial charge in [0.25, 0.3) is 20.2 Å². The number of urea groups is 1. The summed E-state index contributed by atoms with van der Waals surface area (Å²) in [6, 6.07) is 19.5. The molecule has 58 heavy (non-hydrogen) atoms. The molecule has 0 fully saturated rings. The first-order valence-corrected chi connectivity index (χ1v) is 19.6. The zero-order valence-electron chi connectivity index (χ0n) is 30.7. The van der Waals surface area contributed by atoms with Crippen molar-refractivity contribution in [3.8, 4) is 11.5 Å². The zero-order chi connectivity index (χ0) is 39.9. The van der Waals surface area contributed by atoms with Crippen molar-refractivity contribution in [1.29, 1.82) is 0 Å². The predicted molar refractivity (Wildman–Crippen MR) is 193 cm³/mol. The van der Waals surface area contributed by atoms with Crippen LogP contribution in [0, 0.1) is 6.92 Å². The molecule has 0 radical (unpaired) electrons. The first-order valence-electron chi connectivity index (χ1n) is 15.3. The number of azo groups is 2. The van der Waals surface area contributed by atoms with E-state index in [4.69, 9.17) is 0 Å². The molecule has 6 rings (SSSR count). The predicted octanol–water partition coefficient (Wildman–Crippen LogP) is -2.67. The van der Waals surface area contributed by atoms with Crippen molar-refractivity contribution in [3.05, 3.63) is 103 Å². The Labute approximate surface area is 397 Å². The van der Waals surface area contributed by atoms with Crippen LogP contribution in [0.4, 0.5) is 38.9 Å². The van der Waals surface area contributed by atoms with E-state index in [9.17, 15) is 53.9 Å². The van der Waals surface area contributed by atoms with Gasteiger partial charge in [0, 0.05) is 11.4 Å². The summed E-state index contributed by atoms with van der Waals surface area (Å²) in [6.45, 7) is 1.73. The number of anilines is 2. The molecule has 24 heteroatoms. The van der Waals surface area contributed by atoms with Gasteiger partial charge in [0.15, 0.2) is 0 Å². The normalized spacial score (nSPS) is 11.9. The fraction of sp³-hybridized carbons (Fsp3) is 0.0294. The molecular formula is C34H23N6Na3O12S3. The molecule has 0 bridgehead atoms. The van der Waals surface area contributed by atoms with Crippen LogP contribution in [0.15, 0.2) is 132 Å². The molecule has 6 aromatic carbocycles. The smallest absolute Gasteiger partial charge is 0.871 e. The van der Waals surface area contributed by atoms with Crippen LogP contribution in [-0.4, -0.2) is 44.9 Å². The average Bonchev–Trinajstić information content (AvgIpc) is 3.10. The van der Waals surface area contributed by atoms with Crippen LogP contribution in [0.5, 0.6) is 11.5 Å². The minimum Gasteiger partial charge on any atom is -0.871 e. The topological polar surface area (TPSA) is 303 Å². The van der Waals surface area contributed by atoms with Crippen molar-refractivity contribution in [2.24, 2.45) is 20.5 Å². The molecule has 0 aromatic heterocycles. The minimum absolute atomic E-state index is 0. The summed E-state index contributed by atoms with van der Waals surface area (Å²) in [5.74, 6) is -1.82. The van der Waals surface area contributed by atoms with E-state index in [-0.39, 0.29) is 127 Å². The van der Waals surface area contributed by atoms with Crippen LogP contribution in [0.2, 0.25) is 0 Å². The fourth-order valence-corrected chi connectivity index (χ4v) is 7.05. The molecule has 282 valence electrons. The van der Waals surface area contributed by atoms with Crippen molar-refractivity contribution in [1.82, 2.24) is 0 Å². The quantitative estimate of drug-likeness (QED) is 0.0658. The Kier molecular flexibility index (Phi) is 16.4. The number of nitrogens with zero attached hydrogens (tertiary/aromatic N) is 4. The van der Waals surface area contributed by atoms with E-state index in [0.29, 0.717) is 11.3 Å². The van der Waals surface area contributed by atoms with Crippen LogP contribution in [0.1, 0.15) is 5.56 Å². The Bertz CT molecular complexity index is 2970. The van der Waals surface area contributed by atoms with Crippen molar-refractivity contribution in [2.75, 3.05) is 10.6 Å². The van der Waals surface area contributed by atoms with Gasteiger partial charge in [-0.1, -0.05) is 41.8 Å².